The molecule has 2 aliphatic rings. The maximum Gasteiger partial charge on any atom is 0.327 e. The Labute approximate surface area is 177 Å². The van der Waals surface area contributed by atoms with Crippen LogP contribution in [0.1, 0.15) is 24.0 Å². The highest BCUT2D eigenvalue weighted by Crippen LogP contribution is 2.37. The van der Waals surface area contributed by atoms with Gasteiger partial charge in [-0.25, -0.2) is 9.78 Å². The third-order valence-corrected chi connectivity index (χ3v) is 6.02. The van der Waals surface area contributed by atoms with E-state index in [4.69, 9.17) is 9.47 Å². The Bertz CT molecular complexity index is 927. The second kappa shape index (κ2) is 8.31. The largest absolute Gasteiger partial charge is 0.493 e. The van der Waals surface area contributed by atoms with Crippen molar-refractivity contribution in [2.24, 2.45) is 0 Å². The molecule has 2 aliphatic heterocycles. The van der Waals surface area contributed by atoms with Crippen molar-refractivity contribution in [3.8, 4) is 11.5 Å². The minimum absolute atomic E-state index is 0.187. The summed E-state index contributed by atoms with van der Waals surface area (Å²) in [6, 6.07) is 2.89. The quantitative estimate of drug-likeness (QED) is 0.677. The van der Waals surface area contributed by atoms with Crippen molar-refractivity contribution >= 4 is 34.3 Å². The molecule has 1 N–H and O–H groups in total. The highest BCUT2D eigenvalue weighted by Gasteiger charge is 2.47. The molecule has 1 aromatic heterocycles. The smallest absolute Gasteiger partial charge is 0.327 e. The summed E-state index contributed by atoms with van der Waals surface area (Å²) >= 11 is 1.34. The molecule has 4 rings (SSSR count). The van der Waals surface area contributed by atoms with Crippen LogP contribution >= 0.6 is 11.3 Å². The first-order valence-corrected chi connectivity index (χ1v) is 10.4. The zero-order valence-corrected chi connectivity index (χ0v) is 17.5. The van der Waals surface area contributed by atoms with Gasteiger partial charge in [0.1, 0.15) is 6.04 Å². The minimum atomic E-state index is -0.521. The number of carbonyl (C=O) groups excluding carboxylic acids is 3. The van der Waals surface area contributed by atoms with Crippen molar-refractivity contribution in [2.75, 3.05) is 26.1 Å². The molecule has 0 aliphatic carbocycles. The van der Waals surface area contributed by atoms with Gasteiger partial charge in [0.2, 0.25) is 5.91 Å². The molecule has 0 spiro atoms. The predicted octanol–water partition coefficient (Wildman–Crippen LogP) is 2.27. The molecule has 0 saturated carbocycles. The van der Waals surface area contributed by atoms with Crippen molar-refractivity contribution in [3.05, 3.63) is 34.8 Å². The Morgan fingerprint density at radius 3 is 2.63 bits per heavy atom. The van der Waals surface area contributed by atoms with E-state index in [1.54, 1.807) is 30.7 Å². The third kappa shape index (κ3) is 3.70. The highest BCUT2D eigenvalue weighted by atomic mass is 32.1. The van der Waals surface area contributed by atoms with Gasteiger partial charge in [0, 0.05) is 37.5 Å². The molecule has 9 nitrogen and oxygen atoms in total. The Morgan fingerprint density at radius 1 is 1.23 bits per heavy atom. The lowest BCUT2D eigenvalue weighted by Gasteiger charge is -2.29. The van der Waals surface area contributed by atoms with Crippen molar-refractivity contribution < 1.29 is 23.9 Å². The Balaban J connectivity index is 1.40. The molecular formula is C20H22N4O5S. The molecule has 1 atom stereocenters. The van der Waals surface area contributed by atoms with Gasteiger partial charge in [-0.05, 0) is 29.7 Å². The topological polar surface area (TPSA) is 101 Å². The normalized spacial score (nSPS) is 17.6. The molecule has 0 unspecified atom stereocenters. The number of urea groups is 1. The second-order valence-electron chi connectivity index (χ2n) is 7.09. The number of rotatable bonds is 7. The van der Waals surface area contributed by atoms with E-state index >= 15 is 0 Å². The molecule has 3 heterocycles. The zero-order valence-electron chi connectivity index (χ0n) is 16.7. The number of benzene rings is 1. The van der Waals surface area contributed by atoms with Crippen LogP contribution in [0, 0.1) is 0 Å². The summed E-state index contributed by atoms with van der Waals surface area (Å²) in [4.78, 5) is 44.5. The SMILES string of the molecule is COc1cc2c(cc1OC)CN1C(=O)N(CCCC(=O)Nc3nccs3)C(=O)[C@@H]1C2. The number of ether oxygens (including phenoxy) is 2. The number of nitrogens with one attached hydrogen (secondary N) is 1. The standard InChI is InChI=1S/C20H22N4O5S/c1-28-15-9-12-8-14-18(26)23(6-3-4-17(25)22-19-21-5-7-30-19)20(27)24(14)11-13(12)10-16(15)29-2/h5,7,9-10,14H,3-4,6,8,11H2,1-2H3,(H,21,22,25)/t14-/m0/s1. The van der Waals surface area contributed by atoms with Gasteiger partial charge in [0.25, 0.3) is 5.91 Å². The number of amides is 4. The number of carbonyl (C=O) groups is 3. The van der Waals surface area contributed by atoms with E-state index < -0.39 is 6.04 Å². The number of thiazole rings is 1. The fourth-order valence-corrected chi connectivity index (χ4v) is 4.38. The number of aromatic nitrogens is 1. The molecule has 2 aromatic rings. The average molecular weight is 430 g/mol. The van der Waals surface area contributed by atoms with Crippen LogP contribution in [0.2, 0.25) is 0 Å². The average Bonchev–Trinajstić information content (AvgIpc) is 3.33. The Hall–Kier alpha value is -3.14. The number of hydrogen-bond donors (Lipinski definition) is 1. The van der Waals surface area contributed by atoms with Gasteiger partial charge in [-0.2, -0.15) is 0 Å². The summed E-state index contributed by atoms with van der Waals surface area (Å²) in [5, 5.41) is 5.01. The first kappa shape index (κ1) is 20.1. The summed E-state index contributed by atoms with van der Waals surface area (Å²) in [6.45, 7) is 0.547. The molecule has 30 heavy (non-hydrogen) atoms. The number of imide groups is 1. The molecule has 158 valence electrons. The Morgan fingerprint density at radius 2 is 1.97 bits per heavy atom. The van der Waals surface area contributed by atoms with Gasteiger partial charge >= 0.3 is 6.03 Å². The van der Waals surface area contributed by atoms with E-state index in [2.05, 4.69) is 10.3 Å². The first-order valence-electron chi connectivity index (χ1n) is 9.57. The fourth-order valence-electron chi connectivity index (χ4n) is 3.83. The van der Waals surface area contributed by atoms with Gasteiger partial charge in [-0.15, -0.1) is 11.3 Å². The van der Waals surface area contributed by atoms with Crippen molar-refractivity contribution in [3.63, 3.8) is 0 Å². The molecule has 1 fully saturated rings. The van der Waals surface area contributed by atoms with Crippen molar-refractivity contribution in [1.29, 1.82) is 0 Å². The van der Waals surface area contributed by atoms with Gasteiger partial charge < -0.3 is 19.7 Å². The molecule has 0 bridgehead atoms. The maximum atomic E-state index is 12.9. The summed E-state index contributed by atoms with van der Waals surface area (Å²) in [5.74, 6) is 0.787. The zero-order chi connectivity index (χ0) is 21.3. The van der Waals surface area contributed by atoms with E-state index in [0.717, 1.165) is 11.1 Å². The van der Waals surface area contributed by atoms with Crippen molar-refractivity contribution in [2.45, 2.75) is 31.8 Å². The highest BCUT2D eigenvalue weighted by molar-refractivity contribution is 7.13. The number of nitrogens with zero attached hydrogens (tertiary/aromatic N) is 3. The molecule has 4 amide bonds. The molecular weight excluding hydrogens is 408 g/mol. The fraction of sp³-hybridized carbons (Fsp3) is 0.400. The lowest BCUT2D eigenvalue weighted by molar-refractivity contribution is -0.128. The summed E-state index contributed by atoms with van der Waals surface area (Å²) in [7, 11) is 3.13. The number of methoxy groups -OCH3 is 2. The van der Waals surface area contributed by atoms with Crippen LogP contribution < -0.4 is 14.8 Å². The van der Waals surface area contributed by atoms with E-state index in [9.17, 15) is 14.4 Å². The lowest BCUT2D eigenvalue weighted by Crippen LogP contribution is -2.40. The van der Waals surface area contributed by atoms with Gasteiger partial charge in [-0.1, -0.05) is 0 Å². The lowest BCUT2D eigenvalue weighted by atomic mass is 9.94. The third-order valence-electron chi connectivity index (χ3n) is 5.33. The van der Waals surface area contributed by atoms with E-state index in [-0.39, 0.29) is 30.8 Å². The molecule has 1 saturated heterocycles. The summed E-state index contributed by atoms with van der Waals surface area (Å²) in [5.41, 5.74) is 1.91. The summed E-state index contributed by atoms with van der Waals surface area (Å²) in [6.07, 6.45) is 2.64. The van der Waals surface area contributed by atoms with E-state index in [1.807, 2.05) is 12.1 Å². The van der Waals surface area contributed by atoms with Crippen molar-refractivity contribution in [1.82, 2.24) is 14.8 Å². The minimum Gasteiger partial charge on any atom is -0.493 e. The van der Waals surface area contributed by atoms with E-state index in [0.29, 0.717) is 36.0 Å². The maximum absolute atomic E-state index is 12.9. The van der Waals surface area contributed by atoms with Crippen LogP contribution in [-0.4, -0.2) is 59.4 Å². The predicted molar refractivity (Wildman–Crippen MR) is 110 cm³/mol. The van der Waals surface area contributed by atoms with Crippen LogP contribution in [-0.2, 0) is 22.6 Å². The molecule has 0 radical (unpaired) electrons. The molecule has 10 heteroatoms. The monoisotopic (exact) mass is 430 g/mol. The van der Waals surface area contributed by atoms with Crippen LogP contribution in [0.5, 0.6) is 11.5 Å². The summed E-state index contributed by atoms with van der Waals surface area (Å²) < 4.78 is 10.7. The number of fused-ring (bicyclic) bond motifs is 2. The number of hydrogen-bond acceptors (Lipinski definition) is 7. The Kier molecular flexibility index (Phi) is 5.58. The van der Waals surface area contributed by atoms with Crippen LogP contribution in [0.4, 0.5) is 9.93 Å². The van der Waals surface area contributed by atoms with E-state index in [1.165, 1.54) is 16.2 Å². The van der Waals surface area contributed by atoms with Gasteiger partial charge in [-0.3, -0.25) is 14.5 Å². The van der Waals surface area contributed by atoms with Gasteiger partial charge in [0.05, 0.1) is 14.2 Å². The van der Waals surface area contributed by atoms with Crippen LogP contribution in [0.25, 0.3) is 0 Å². The molecule has 1 aromatic carbocycles. The number of anilines is 1. The van der Waals surface area contributed by atoms with Crippen LogP contribution in [0.3, 0.4) is 0 Å². The first-order chi connectivity index (χ1) is 14.5. The van der Waals surface area contributed by atoms with Crippen LogP contribution in [0.15, 0.2) is 23.7 Å². The van der Waals surface area contributed by atoms with Gasteiger partial charge in [0.15, 0.2) is 16.6 Å². The second-order valence-corrected chi connectivity index (χ2v) is 7.98.